The average Bonchev–Trinajstić information content (AvgIpc) is 2.40. The standard InChI is InChI=1S/C14H18N2O3/c15-13(17)11-8-4-5-9-16(11)12(14(18)19)10-6-2-1-3-7-10/h1-3,6-7,11-12H,4-5,8-9H2,(H2,15,17)(H,18,19). The first-order valence-corrected chi connectivity index (χ1v) is 6.44. The number of rotatable bonds is 4. The van der Waals surface area contributed by atoms with Crippen molar-refractivity contribution in [2.75, 3.05) is 6.54 Å². The van der Waals surface area contributed by atoms with Crippen molar-refractivity contribution in [2.45, 2.75) is 31.3 Å². The number of likely N-dealkylation sites (tertiary alicyclic amines) is 1. The molecule has 0 saturated carbocycles. The Morgan fingerprint density at radius 3 is 2.53 bits per heavy atom. The summed E-state index contributed by atoms with van der Waals surface area (Å²) in [4.78, 5) is 24.8. The molecule has 1 aliphatic rings. The molecular weight excluding hydrogens is 244 g/mol. The van der Waals surface area contributed by atoms with Gasteiger partial charge >= 0.3 is 5.97 Å². The number of piperidine rings is 1. The Labute approximate surface area is 112 Å². The Kier molecular flexibility index (Phi) is 4.16. The molecule has 0 aliphatic carbocycles. The van der Waals surface area contributed by atoms with Gasteiger partial charge in [-0.05, 0) is 18.4 Å². The number of carbonyl (C=O) groups is 2. The van der Waals surface area contributed by atoms with Crippen LogP contribution in [0.1, 0.15) is 30.9 Å². The Morgan fingerprint density at radius 1 is 1.26 bits per heavy atom. The Balaban J connectivity index is 2.32. The first-order chi connectivity index (χ1) is 9.11. The van der Waals surface area contributed by atoms with Crippen LogP contribution in [-0.2, 0) is 9.59 Å². The highest BCUT2D eigenvalue weighted by atomic mass is 16.4. The van der Waals surface area contributed by atoms with Gasteiger partial charge in [0.2, 0.25) is 5.91 Å². The van der Waals surface area contributed by atoms with Crippen molar-refractivity contribution in [3.05, 3.63) is 35.9 Å². The number of primary amides is 1. The SMILES string of the molecule is NC(=O)C1CCCCN1C(C(=O)O)c1ccccc1. The topological polar surface area (TPSA) is 83.6 Å². The van der Waals surface area contributed by atoms with Crippen LogP contribution in [0.2, 0.25) is 0 Å². The molecule has 1 aromatic carbocycles. The van der Waals surface area contributed by atoms with E-state index in [0.717, 1.165) is 12.8 Å². The van der Waals surface area contributed by atoms with Crippen molar-refractivity contribution in [1.82, 2.24) is 4.90 Å². The Hall–Kier alpha value is -1.88. The van der Waals surface area contributed by atoms with E-state index in [4.69, 9.17) is 5.73 Å². The van der Waals surface area contributed by atoms with E-state index in [0.29, 0.717) is 18.5 Å². The minimum atomic E-state index is -0.945. The quantitative estimate of drug-likeness (QED) is 0.852. The van der Waals surface area contributed by atoms with Gasteiger partial charge in [0.1, 0.15) is 6.04 Å². The van der Waals surface area contributed by atoms with Crippen LogP contribution in [0, 0.1) is 0 Å². The van der Waals surface area contributed by atoms with E-state index in [-0.39, 0.29) is 0 Å². The van der Waals surface area contributed by atoms with Gasteiger partial charge < -0.3 is 10.8 Å². The molecule has 0 radical (unpaired) electrons. The lowest BCUT2D eigenvalue weighted by atomic mass is 9.96. The third-order valence-electron chi connectivity index (χ3n) is 3.55. The third-order valence-corrected chi connectivity index (χ3v) is 3.55. The first kappa shape index (κ1) is 13.5. The van der Waals surface area contributed by atoms with E-state index in [1.165, 1.54) is 0 Å². The molecule has 1 aromatic rings. The largest absolute Gasteiger partial charge is 0.480 e. The van der Waals surface area contributed by atoms with E-state index in [1.807, 2.05) is 6.07 Å². The van der Waals surface area contributed by atoms with Gasteiger partial charge in [0.15, 0.2) is 0 Å². The molecule has 0 bridgehead atoms. The number of nitrogens with zero attached hydrogens (tertiary/aromatic N) is 1. The number of benzene rings is 1. The minimum absolute atomic E-state index is 0.443. The summed E-state index contributed by atoms with van der Waals surface area (Å²) in [6, 6.07) is 7.68. The molecule has 2 rings (SSSR count). The summed E-state index contributed by atoms with van der Waals surface area (Å²) in [5.74, 6) is -1.39. The zero-order valence-electron chi connectivity index (χ0n) is 10.7. The number of amides is 1. The van der Waals surface area contributed by atoms with Crippen LogP contribution in [-0.4, -0.2) is 34.5 Å². The predicted octanol–water partition coefficient (Wildman–Crippen LogP) is 1.15. The number of hydrogen-bond acceptors (Lipinski definition) is 3. The molecule has 0 spiro atoms. The molecule has 2 unspecified atom stereocenters. The van der Waals surface area contributed by atoms with Crippen LogP contribution in [0.5, 0.6) is 0 Å². The number of carboxylic acid groups (broad SMARTS) is 1. The number of hydrogen-bond donors (Lipinski definition) is 2. The lowest BCUT2D eigenvalue weighted by Gasteiger charge is -2.37. The fourth-order valence-corrected chi connectivity index (χ4v) is 2.68. The summed E-state index contributed by atoms with van der Waals surface area (Å²) in [6.07, 6.45) is 2.43. The van der Waals surface area contributed by atoms with Gasteiger partial charge in [0.05, 0.1) is 6.04 Å². The predicted molar refractivity (Wildman–Crippen MR) is 70.4 cm³/mol. The lowest BCUT2D eigenvalue weighted by molar-refractivity contribution is -0.146. The number of carboxylic acids is 1. The number of nitrogens with two attached hydrogens (primary N) is 1. The Bertz CT molecular complexity index is 461. The molecule has 1 saturated heterocycles. The van der Waals surface area contributed by atoms with Gasteiger partial charge in [-0.1, -0.05) is 36.8 Å². The van der Waals surface area contributed by atoms with Crippen molar-refractivity contribution >= 4 is 11.9 Å². The van der Waals surface area contributed by atoms with E-state index < -0.39 is 24.0 Å². The highest BCUT2D eigenvalue weighted by molar-refractivity contribution is 5.82. The summed E-state index contributed by atoms with van der Waals surface area (Å²) < 4.78 is 0. The summed E-state index contributed by atoms with van der Waals surface area (Å²) in [5.41, 5.74) is 6.08. The van der Waals surface area contributed by atoms with Crippen LogP contribution >= 0.6 is 0 Å². The highest BCUT2D eigenvalue weighted by Crippen LogP contribution is 2.28. The normalized spacial score (nSPS) is 21.8. The molecule has 5 heteroatoms. The maximum absolute atomic E-state index is 11.6. The monoisotopic (exact) mass is 262 g/mol. The lowest BCUT2D eigenvalue weighted by Crippen LogP contribution is -2.51. The maximum atomic E-state index is 11.6. The molecular formula is C14H18N2O3. The fourth-order valence-electron chi connectivity index (χ4n) is 2.68. The van der Waals surface area contributed by atoms with Gasteiger partial charge in [-0.25, -0.2) is 0 Å². The zero-order valence-corrected chi connectivity index (χ0v) is 10.7. The fraction of sp³-hybridized carbons (Fsp3) is 0.429. The van der Waals surface area contributed by atoms with Crippen LogP contribution < -0.4 is 5.73 Å². The van der Waals surface area contributed by atoms with Crippen molar-refractivity contribution in [3.63, 3.8) is 0 Å². The molecule has 0 aromatic heterocycles. The highest BCUT2D eigenvalue weighted by Gasteiger charge is 2.36. The Morgan fingerprint density at radius 2 is 1.95 bits per heavy atom. The molecule has 5 nitrogen and oxygen atoms in total. The van der Waals surface area contributed by atoms with Crippen molar-refractivity contribution < 1.29 is 14.7 Å². The van der Waals surface area contributed by atoms with Crippen LogP contribution in [0.15, 0.2) is 30.3 Å². The minimum Gasteiger partial charge on any atom is -0.480 e. The molecule has 1 amide bonds. The third kappa shape index (κ3) is 2.93. The number of carbonyl (C=O) groups excluding carboxylic acids is 1. The van der Waals surface area contributed by atoms with Gasteiger partial charge in [-0.15, -0.1) is 0 Å². The molecule has 1 fully saturated rings. The summed E-state index contributed by atoms with van der Waals surface area (Å²) in [5, 5.41) is 9.48. The molecule has 1 heterocycles. The van der Waals surface area contributed by atoms with Crippen LogP contribution in [0.4, 0.5) is 0 Å². The van der Waals surface area contributed by atoms with Gasteiger partial charge in [-0.3, -0.25) is 14.5 Å². The van der Waals surface area contributed by atoms with E-state index in [1.54, 1.807) is 29.2 Å². The average molecular weight is 262 g/mol. The second-order valence-electron chi connectivity index (χ2n) is 4.80. The van der Waals surface area contributed by atoms with Crippen molar-refractivity contribution in [1.29, 1.82) is 0 Å². The van der Waals surface area contributed by atoms with Gasteiger partial charge in [0.25, 0.3) is 0 Å². The van der Waals surface area contributed by atoms with Gasteiger partial charge in [0, 0.05) is 6.54 Å². The second kappa shape index (κ2) is 5.84. The summed E-state index contributed by atoms with van der Waals surface area (Å²) >= 11 is 0. The molecule has 1 aliphatic heterocycles. The van der Waals surface area contributed by atoms with Crippen LogP contribution in [0.3, 0.4) is 0 Å². The van der Waals surface area contributed by atoms with Crippen molar-refractivity contribution in [2.24, 2.45) is 5.73 Å². The van der Waals surface area contributed by atoms with Gasteiger partial charge in [-0.2, -0.15) is 0 Å². The van der Waals surface area contributed by atoms with Crippen molar-refractivity contribution in [3.8, 4) is 0 Å². The van der Waals surface area contributed by atoms with E-state index in [9.17, 15) is 14.7 Å². The van der Waals surface area contributed by atoms with E-state index >= 15 is 0 Å². The van der Waals surface area contributed by atoms with E-state index in [2.05, 4.69) is 0 Å². The molecule has 19 heavy (non-hydrogen) atoms. The zero-order chi connectivity index (χ0) is 13.8. The first-order valence-electron chi connectivity index (χ1n) is 6.44. The molecule has 2 atom stereocenters. The second-order valence-corrected chi connectivity index (χ2v) is 4.80. The number of aliphatic carboxylic acids is 1. The smallest absolute Gasteiger partial charge is 0.325 e. The summed E-state index contributed by atoms with van der Waals surface area (Å²) in [6.45, 7) is 0.583. The molecule has 102 valence electrons. The summed E-state index contributed by atoms with van der Waals surface area (Å²) in [7, 11) is 0. The maximum Gasteiger partial charge on any atom is 0.325 e. The molecule has 3 N–H and O–H groups in total. The van der Waals surface area contributed by atoms with Crippen LogP contribution in [0.25, 0.3) is 0 Å².